The number of ketones is 1. The molecule has 1 aliphatic heterocycles. The molecule has 0 radical (unpaired) electrons. The summed E-state index contributed by atoms with van der Waals surface area (Å²) in [6.45, 7) is 8.63. The molecule has 1 aromatic heterocycles. The van der Waals surface area contributed by atoms with E-state index in [4.69, 9.17) is 0 Å². The topological polar surface area (TPSA) is 42.0 Å². The van der Waals surface area contributed by atoms with Gasteiger partial charge >= 0.3 is 0 Å². The van der Waals surface area contributed by atoms with Crippen molar-refractivity contribution < 1.29 is 4.79 Å². The van der Waals surface area contributed by atoms with Crippen molar-refractivity contribution >= 4 is 17.1 Å². The van der Waals surface area contributed by atoms with Gasteiger partial charge in [-0.05, 0) is 19.4 Å². The maximum absolute atomic E-state index is 11.0. The molecule has 2 heterocycles. The number of hydrogen-bond donors (Lipinski definition) is 1. The summed E-state index contributed by atoms with van der Waals surface area (Å²) in [4.78, 5) is 15.3. The third kappa shape index (κ3) is 2.97. The van der Waals surface area contributed by atoms with E-state index in [9.17, 15) is 4.79 Å². The number of Topliss-reactive ketones (excluding diaryl/α,β-unsaturated/α-hetero) is 1. The SMILES string of the molecule is C=C.CC(=O)c1csc(C2CCCN2)n1. The normalized spacial score (nSPS) is 19.4. The summed E-state index contributed by atoms with van der Waals surface area (Å²) in [5.41, 5.74) is 0.605. The first kappa shape index (κ1) is 12.1. The fourth-order valence-corrected chi connectivity index (χ4v) is 2.47. The number of carbonyl (C=O) groups is 1. The van der Waals surface area contributed by atoms with Gasteiger partial charge in [0.05, 0.1) is 6.04 Å². The minimum absolute atomic E-state index is 0.0560. The first-order valence-electron chi connectivity index (χ1n) is 4.97. The number of hydrogen-bond acceptors (Lipinski definition) is 4. The van der Waals surface area contributed by atoms with Crippen LogP contribution in [0.5, 0.6) is 0 Å². The molecule has 1 fully saturated rings. The van der Waals surface area contributed by atoms with Crippen molar-refractivity contribution in [3.05, 3.63) is 29.2 Å². The van der Waals surface area contributed by atoms with Crippen molar-refractivity contribution in [1.82, 2.24) is 10.3 Å². The zero-order valence-corrected chi connectivity index (χ0v) is 9.77. The van der Waals surface area contributed by atoms with Gasteiger partial charge in [0.25, 0.3) is 0 Å². The zero-order valence-electron chi connectivity index (χ0n) is 8.95. The molecule has 0 bridgehead atoms. The van der Waals surface area contributed by atoms with E-state index >= 15 is 0 Å². The van der Waals surface area contributed by atoms with E-state index in [1.165, 1.54) is 6.42 Å². The van der Waals surface area contributed by atoms with Gasteiger partial charge in [-0.25, -0.2) is 4.98 Å². The molecule has 0 aromatic carbocycles. The number of rotatable bonds is 2. The molecule has 1 saturated heterocycles. The van der Waals surface area contributed by atoms with Crippen LogP contribution in [0.25, 0.3) is 0 Å². The fraction of sp³-hybridized carbons (Fsp3) is 0.455. The van der Waals surface area contributed by atoms with Crippen LogP contribution in [0.3, 0.4) is 0 Å². The highest BCUT2D eigenvalue weighted by atomic mass is 32.1. The van der Waals surface area contributed by atoms with Gasteiger partial charge in [-0.3, -0.25) is 4.79 Å². The molecule has 82 valence electrons. The molecule has 1 atom stereocenters. The Morgan fingerprint density at radius 1 is 1.67 bits per heavy atom. The second-order valence-electron chi connectivity index (χ2n) is 3.28. The largest absolute Gasteiger partial charge is 0.308 e. The Morgan fingerprint density at radius 2 is 2.40 bits per heavy atom. The lowest BCUT2D eigenvalue weighted by Crippen LogP contribution is -2.12. The number of nitrogens with zero attached hydrogens (tertiary/aromatic N) is 1. The molecular formula is C11H16N2OS. The predicted octanol–water partition coefficient (Wildman–Crippen LogP) is 2.57. The van der Waals surface area contributed by atoms with Gasteiger partial charge in [0.1, 0.15) is 10.7 Å². The lowest BCUT2D eigenvalue weighted by atomic mass is 10.2. The standard InChI is InChI=1S/C9H12N2OS.C2H4/c1-6(12)8-5-13-9(11-8)7-3-2-4-10-7;1-2/h5,7,10H,2-4H2,1H3;1-2H2. The minimum Gasteiger partial charge on any atom is -0.308 e. The van der Waals surface area contributed by atoms with E-state index < -0.39 is 0 Å². The first-order chi connectivity index (χ1) is 7.27. The van der Waals surface area contributed by atoms with Crippen molar-refractivity contribution in [2.45, 2.75) is 25.8 Å². The maximum atomic E-state index is 11.0. The fourth-order valence-electron chi connectivity index (χ4n) is 1.50. The summed E-state index contributed by atoms with van der Waals surface area (Å²) < 4.78 is 0. The Balaban J connectivity index is 0.000000531. The summed E-state index contributed by atoms with van der Waals surface area (Å²) in [5, 5.41) is 6.26. The predicted molar refractivity (Wildman–Crippen MR) is 63.4 cm³/mol. The maximum Gasteiger partial charge on any atom is 0.178 e. The van der Waals surface area contributed by atoms with Gasteiger partial charge in [0, 0.05) is 12.3 Å². The first-order valence-corrected chi connectivity index (χ1v) is 5.85. The molecule has 15 heavy (non-hydrogen) atoms. The summed E-state index contributed by atoms with van der Waals surface area (Å²) in [7, 11) is 0. The van der Waals surface area contributed by atoms with E-state index in [1.807, 2.05) is 5.38 Å². The summed E-state index contributed by atoms with van der Waals surface area (Å²) in [5.74, 6) is 0.0560. The number of carbonyl (C=O) groups excluding carboxylic acids is 1. The zero-order chi connectivity index (χ0) is 11.3. The van der Waals surface area contributed by atoms with Crippen LogP contribution < -0.4 is 5.32 Å². The third-order valence-electron chi connectivity index (χ3n) is 2.24. The molecule has 4 heteroatoms. The van der Waals surface area contributed by atoms with Crippen LogP contribution >= 0.6 is 11.3 Å². The van der Waals surface area contributed by atoms with Crippen molar-refractivity contribution in [2.75, 3.05) is 6.54 Å². The van der Waals surface area contributed by atoms with Crippen molar-refractivity contribution in [2.24, 2.45) is 0 Å². The van der Waals surface area contributed by atoms with Crippen LogP contribution in [0.15, 0.2) is 18.5 Å². The second-order valence-corrected chi connectivity index (χ2v) is 4.17. The molecule has 0 spiro atoms. The molecular weight excluding hydrogens is 208 g/mol. The van der Waals surface area contributed by atoms with Crippen LogP contribution in [0.4, 0.5) is 0 Å². The molecule has 0 aliphatic carbocycles. The van der Waals surface area contributed by atoms with E-state index in [1.54, 1.807) is 18.3 Å². The van der Waals surface area contributed by atoms with Crippen LogP contribution in [0.2, 0.25) is 0 Å². The van der Waals surface area contributed by atoms with Crippen LogP contribution in [0, 0.1) is 0 Å². The van der Waals surface area contributed by atoms with Gasteiger partial charge < -0.3 is 5.32 Å². The monoisotopic (exact) mass is 224 g/mol. The van der Waals surface area contributed by atoms with Crippen molar-refractivity contribution in [3.63, 3.8) is 0 Å². The Labute approximate surface area is 94.2 Å². The second kappa shape index (κ2) is 5.78. The summed E-state index contributed by atoms with van der Waals surface area (Å²) >= 11 is 1.58. The highest BCUT2D eigenvalue weighted by Crippen LogP contribution is 2.25. The van der Waals surface area contributed by atoms with E-state index in [-0.39, 0.29) is 5.78 Å². The smallest absolute Gasteiger partial charge is 0.178 e. The Kier molecular flexibility index (Phi) is 4.65. The van der Waals surface area contributed by atoms with Gasteiger partial charge in [-0.2, -0.15) is 0 Å². The molecule has 3 nitrogen and oxygen atoms in total. The van der Waals surface area contributed by atoms with Crippen LogP contribution in [-0.2, 0) is 0 Å². The van der Waals surface area contributed by atoms with E-state index in [0.29, 0.717) is 11.7 Å². The molecule has 1 unspecified atom stereocenters. The molecule has 0 saturated carbocycles. The third-order valence-corrected chi connectivity index (χ3v) is 3.20. The van der Waals surface area contributed by atoms with Crippen molar-refractivity contribution in [3.8, 4) is 0 Å². The average Bonchev–Trinajstić information content (AvgIpc) is 2.91. The summed E-state index contributed by atoms with van der Waals surface area (Å²) in [6.07, 6.45) is 2.35. The van der Waals surface area contributed by atoms with Gasteiger partial charge in [0.2, 0.25) is 0 Å². The lowest BCUT2D eigenvalue weighted by Gasteiger charge is -2.03. The van der Waals surface area contributed by atoms with Gasteiger partial charge in [0.15, 0.2) is 5.78 Å². The highest BCUT2D eigenvalue weighted by molar-refractivity contribution is 7.09. The Hall–Kier alpha value is -1.00. The van der Waals surface area contributed by atoms with Crippen LogP contribution in [-0.4, -0.2) is 17.3 Å². The quantitative estimate of drug-likeness (QED) is 0.620. The molecule has 2 rings (SSSR count). The number of nitrogens with one attached hydrogen (secondary N) is 1. The average molecular weight is 224 g/mol. The van der Waals surface area contributed by atoms with Crippen LogP contribution in [0.1, 0.15) is 41.3 Å². The number of thiazole rings is 1. The highest BCUT2D eigenvalue weighted by Gasteiger charge is 2.19. The Morgan fingerprint density at radius 3 is 2.87 bits per heavy atom. The van der Waals surface area contributed by atoms with E-state index in [0.717, 1.165) is 18.0 Å². The molecule has 1 aromatic rings. The lowest BCUT2D eigenvalue weighted by molar-refractivity contribution is 0.101. The van der Waals surface area contributed by atoms with Crippen molar-refractivity contribution in [1.29, 1.82) is 0 Å². The Bertz CT molecular complexity index is 329. The van der Waals surface area contributed by atoms with Gasteiger partial charge in [-0.15, -0.1) is 24.5 Å². The molecule has 1 aliphatic rings. The summed E-state index contributed by atoms with van der Waals surface area (Å²) in [6, 6.07) is 0.387. The number of aromatic nitrogens is 1. The van der Waals surface area contributed by atoms with Gasteiger partial charge in [-0.1, -0.05) is 0 Å². The molecule has 0 amide bonds. The van der Waals surface area contributed by atoms with E-state index in [2.05, 4.69) is 23.5 Å². The minimum atomic E-state index is 0.0560. The molecule has 1 N–H and O–H groups in total.